The molecule has 0 aliphatic carbocycles. The summed E-state index contributed by atoms with van der Waals surface area (Å²) in [6, 6.07) is 36.1. The van der Waals surface area contributed by atoms with Crippen LogP contribution in [0.5, 0.6) is 0 Å². The Kier molecular flexibility index (Phi) is 5.59. The average molecular weight is 413 g/mol. The van der Waals surface area contributed by atoms with E-state index in [0.717, 1.165) is 23.4 Å². The molecule has 0 aliphatic heterocycles. The summed E-state index contributed by atoms with van der Waals surface area (Å²) in [6.07, 6.45) is 4.60. The molecule has 0 fully saturated rings. The molecule has 2 heterocycles. The van der Waals surface area contributed by atoms with Crippen LogP contribution in [-0.2, 0) is 6.42 Å². The van der Waals surface area contributed by atoms with Crippen LogP contribution in [0, 0.1) is 6.92 Å². The molecule has 0 N–H and O–H groups in total. The third-order valence-corrected chi connectivity index (χ3v) is 5.74. The van der Waals surface area contributed by atoms with E-state index in [2.05, 4.69) is 103 Å². The molecular weight excluding hydrogens is 388 g/mol. The molecule has 2 aromatic heterocycles. The SMILES string of the molecule is Cc1ccc(-c2cc(-c3ccccc3)ccc2Cc2ccccc2-c2ccccn2)nc1. The summed E-state index contributed by atoms with van der Waals surface area (Å²) < 4.78 is 0. The smallest absolute Gasteiger partial charge is 0.0705 e. The van der Waals surface area contributed by atoms with E-state index in [1.807, 2.05) is 24.5 Å². The minimum Gasteiger partial charge on any atom is -0.256 e. The Hall–Kier alpha value is -4.04. The molecule has 2 nitrogen and oxygen atoms in total. The average Bonchev–Trinajstić information content (AvgIpc) is 2.86. The van der Waals surface area contributed by atoms with Crippen LogP contribution in [0.25, 0.3) is 33.6 Å². The van der Waals surface area contributed by atoms with Crippen molar-refractivity contribution in [2.45, 2.75) is 13.3 Å². The number of hydrogen-bond donors (Lipinski definition) is 0. The van der Waals surface area contributed by atoms with Crippen molar-refractivity contribution < 1.29 is 0 Å². The summed E-state index contributed by atoms with van der Waals surface area (Å²) in [5.74, 6) is 0. The molecule has 0 radical (unpaired) electrons. The second kappa shape index (κ2) is 8.99. The Morgan fingerprint density at radius 2 is 1.31 bits per heavy atom. The van der Waals surface area contributed by atoms with Crippen LogP contribution in [0.4, 0.5) is 0 Å². The molecule has 0 saturated heterocycles. The lowest BCUT2D eigenvalue weighted by molar-refractivity contribution is 1.17. The maximum atomic E-state index is 4.75. The van der Waals surface area contributed by atoms with E-state index >= 15 is 0 Å². The number of pyridine rings is 2. The first-order chi connectivity index (χ1) is 15.8. The van der Waals surface area contributed by atoms with E-state index in [-0.39, 0.29) is 0 Å². The van der Waals surface area contributed by atoms with Crippen molar-refractivity contribution in [1.82, 2.24) is 9.97 Å². The number of benzene rings is 3. The van der Waals surface area contributed by atoms with Crippen LogP contribution in [0.2, 0.25) is 0 Å². The molecule has 0 amide bonds. The molecule has 0 spiro atoms. The zero-order valence-electron chi connectivity index (χ0n) is 18.1. The molecule has 154 valence electrons. The van der Waals surface area contributed by atoms with E-state index < -0.39 is 0 Å². The van der Waals surface area contributed by atoms with Crippen LogP contribution in [-0.4, -0.2) is 9.97 Å². The molecule has 2 heteroatoms. The summed E-state index contributed by atoms with van der Waals surface area (Å²) >= 11 is 0. The number of rotatable bonds is 5. The third-order valence-electron chi connectivity index (χ3n) is 5.74. The molecule has 0 aliphatic rings. The second-order valence-electron chi connectivity index (χ2n) is 8.01. The Bertz CT molecular complexity index is 1320. The first kappa shape index (κ1) is 19.9. The Morgan fingerprint density at radius 3 is 2.09 bits per heavy atom. The quantitative estimate of drug-likeness (QED) is 0.301. The van der Waals surface area contributed by atoms with Crippen molar-refractivity contribution in [3.8, 4) is 33.6 Å². The molecule has 0 unspecified atom stereocenters. The maximum absolute atomic E-state index is 4.75. The lowest BCUT2D eigenvalue weighted by Gasteiger charge is -2.15. The maximum Gasteiger partial charge on any atom is 0.0705 e. The van der Waals surface area contributed by atoms with Crippen molar-refractivity contribution in [3.05, 3.63) is 132 Å². The van der Waals surface area contributed by atoms with Gasteiger partial charge in [-0.2, -0.15) is 0 Å². The van der Waals surface area contributed by atoms with Crippen LogP contribution < -0.4 is 0 Å². The number of aryl methyl sites for hydroxylation is 1. The third kappa shape index (κ3) is 4.21. The lowest BCUT2D eigenvalue weighted by atomic mass is 9.91. The van der Waals surface area contributed by atoms with Gasteiger partial charge in [0, 0.05) is 23.5 Å². The fraction of sp³-hybridized carbons (Fsp3) is 0.0667. The predicted molar refractivity (Wildman–Crippen MR) is 132 cm³/mol. The van der Waals surface area contributed by atoms with Gasteiger partial charge in [-0.3, -0.25) is 9.97 Å². The minimum atomic E-state index is 0.812. The van der Waals surface area contributed by atoms with Gasteiger partial charge >= 0.3 is 0 Å². The summed E-state index contributed by atoms with van der Waals surface area (Å²) in [6.45, 7) is 2.07. The molecule has 0 saturated carbocycles. The minimum absolute atomic E-state index is 0.812. The normalized spacial score (nSPS) is 10.8. The Balaban J connectivity index is 1.61. The highest BCUT2D eigenvalue weighted by Gasteiger charge is 2.13. The van der Waals surface area contributed by atoms with Gasteiger partial charge in [0.05, 0.1) is 11.4 Å². The topological polar surface area (TPSA) is 25.8 Å². The van der Waals surface area contributed by atoms with Crippen LogP contribution in [0.1, 0.15) is 16.7 Å². The van der Waals surface area contributed by atoms with Crippen LogP contribution in [0.15, 0.2) is 116 Å². The van der Waals surface area contributed by atoms with Gasteiger partial charge < -0.3 is 0 Å². The van der Waals surface area contributed by atoms with Gasteiger partial charge in [-0.1, -0.05) is 78.9 Å². The summed E-state index contributed by atoms with van der Waals surface area (Å²) in [4.78, 5) is 9.34. The van der Waals surface area contributed by atoms with Crippen molar-refractivity contribution in [2.24, 2.45) is 0 Å². The molecule has 32 heavy (non-hydrogen) atoms. The molecule has 3 aromatic carbocycles. The van der Waals surface area contributed by atoms with E-state index in [9.17, 15) is 0 Å². The standard InChI is InChI=1S/C30H24N2/c1-22-14-17-30(32-21-22)28-20-24(23-9-3-2-4-10-23)15-16-26(28)19-25-11-5-6-12-27(25)29-13-7-8-18-31-29/h2-18,20-21H,19H2,1H3. The molecular formula is C30H24N2. The first-order valence-electron chi connectivity index (χ1n) is 10.9. The monoisotopic (exact) mass is 412 g/mol. The van der Waals surface area contributed by atoms with Gasteiger partial charge in [0.25, 0.3) is 0 Å². The van der Waals surface area contributed by atoms with Gasteiger partial charge in [-0.25, -0.2) is 0 Å². The number of nitrogens with zero attached hydrogens (tertiary/aromatic N) is 2. The lowest BCUT2D eigenvalue weighted by Crippen LogP contribution is -1.98. The highest BCUT2D eigenvalue weighted by Crippen LogP contribution is 2.32. The van der Waals surface area contributed by atoms with Crippen molar-refractivity contribution >= 4 is 0 Å². The first-order valence-corrected chi connectivity index (χ1v) is 10.9. The number of aromatic nitrogens is 2. The van der Waals surface area contributed by atoms with Gasteiger partial charge in [-0.05, 0) is 65.4 Å². The van der Waals surface area contributed by atoms with Gasteiger partial charge in [0.15, 0.2) is 0 Å². The van der Waals surface area contributed by atoms with Gasteiger partial charge in [-0.15, -0.1) is 0 Å². The van der Waals surface area contributed by atoms with E-state index in [0.29, 0.717) is 0 Å². The molecule has 5 aromatic rings. The van der Waals surface area contributed by atoms with E-state index in [1.165, 1.54) is 33.4 Å². The second-order valence-corrected chi connectivity index (χ2v) is 8.01. The predicted octanol–water partition coefficient (Wildman–Crippen LogP) is 7.38. The van der Waals surface area contributed by atoms with Crippen molar-refractivity contribution in [3.63, 3.8) is 0 Å². The van der Waals surface area contributed by atoms with Crippen molar-refractivity contribution in [2.75, 3.05) is 0 Å². The highest BCUT2D eigenvalue weighted by atomic mass is 14.7. The fourth-order valence-corrected chi connectivity index (χ4v) is 4.06. The Labute approximate surface area is 189 Å². The largest absolute Gasteiger partial charge is 0.256 e. The zero-order chi connectivity index (χ0) is 21.8. The van der Waals surface area contributed by atoms with Gasteiger partial charge in [0.2, 0.25) is 0 Å². The summed E-state index contributed by atoms with van der Waals surface area (Å²) in [5, 5.41) is 0. The fourth-order valence-electron chi connectivity index (χ4n) is 4.06. The van der Waals surface area contributed by atoms with Crippen LogP contribution >= 0.6 is 0 Å². The molecule has 0 atom stereocenters. The highest BCUT2D eigenvalue weighted by molar-refractivity contribution is 5.75. The summed E-state index contributed by atoms with van der Waals surface area (Å²) in [7, 11) is 0. The molecule has 5 rings (SSSR count). The summed E-state index contributed by atoms with van der Waals surface area (Å²) in [5.41, 5.74) is 10.4. The molecule has 0 bridgehead atoms. The van der Waals surface area contributed by atoms with Crippen LogP contribution in [0.3, 0.4) is 0 Å². The van der Waals surface area contributed by atoms with Crippen molar-refractivity contribution in [1.29, 1.82) is 0 Å². The zero-order valence-corrected chi connectivity index (χ0v) is 18.1. The van der Waals surface area contributed by atoms with Gasteiger partial charge in [0.1, 0.15) is 0 Å². The Morgan fingerprint density at radius 1 is 0.562 bits per heavy atom. The van der Waals surface area contributed by atoms with E-state index in [4.69, 9.17) is 4.98 Å². The van der Waals surface area contributed by atoms with E-state index in [1.54, 1.807) is 0 Å². The number of hydrogen-bond acceptors (Lipinski definition) is 2.